The lowest BCUT2D eigenvalue weighted by atomic mass is 10.1. The zero-order valence-corrected chi connectivity index (χ0v) is 10.9. The summed E-state index contributed by atoms with van der Waals surface area (Å²) in [4.78, 5) is 24.5. The average molecular weight is 264 g/mol. The zero-order chi connectivity index (χ0) is 12.8. The highest BCUT2D eigenvalue weighted by atomic mass is 32.2. The van der Waals surface area contributed by atoms with Gasteiger partial charge in [0.05, 0.1) is 0 Å². The normalized spacial score (nSPS) is 14.9. The molecule has 0 aliphatic carbocycles. The van der Waals surface area contributed by atoms with Gasteiger partial charge in [-0.3, -0.25) is 9.59 Å². The Balaban J connectivity index is 1.67. The number of amides is 2. The van der Waals surface area contributed by atoms with Gasteiger partial charge in [0.1, 0.15) is 6.54 Å². The van der Waals surface area contributed by atoms with Gasteiger partial charge in [0.2, 0.25) is 5.91 Å². The molecule has 0 spiro atoms. The molecule has 1 aromatic carbocycles. The van der Waals surface area contributed by atoms with Gasteiger partial charge in [-0.25, -0.2) is 0 Å². The summed E-state index contributed by atoms with van der Waals surface area (Å²) in [5.41, 5.74) is 1.20. The maximum Gasteiger partial charge on any atom is 0.282 e. The van der Waals surface area contributed by atoms with Crippen LogP contribution in [0.2, 0.25) is 0 Å². The lowest BCUT2D eigenvalue weighted by Crippen LogP contribution is -2.38. The fraction of sp³-hybridized carbons (Fsp3) is 0.385. The Hall–Kier alpha value is -1.49. The minimum Gasteiger partial charge on any atom is -0.354 e. The Morgan fingerprint density at radius 3 is 2.78 bits per heavy atom. The second kappa shape index (κ2) is 6.44. The first-order valence-corrected chi connectivity index (χ1v) is 6.96. The summed E-state index contributed by atoms with van der Waals surface area (Å²) in [7, 11) is 0. The van der Waals surface area contributed by atoms with Crippen LogP contribution in [-0.4, -0.2) is 41.4 Å². The third-order valence-corrected chi connectivity index (χ3v) is 3.65. The van der Waals surface area contributed by atoms with E-state index in [4.69, 9.17) is 0 Å². The molecule has 18 heavy (non-hydrogen) atoms. The first-order valence-electron chi connectivity index (χ1n) is 5.98. The summed E-state index contributed by atoms with van der Waals surface area (Å²) in [6, 6.07) is 10.0. The molecule has 2 amide bonds. The third-order valence-electron chi connectivity index (χ3n) is 2.76. The van der Waals surface area contributed by atoms with Crippen LogP contribution in [-0.2, 0) is 11.2 Å². The standard InChI is InChI=1S/C13H16N2O2S/c16-12(10-15-8-9-18-13(15)17)14-7-6-11-4-2-1-3-5-11/h1-5H,6-10H2,(H,14,16). The molecule has 1 aliphatic heterocycles. The van der Waals surface area contributed by atoms with E-state index in [2.05, 4.69) is 5.32 Å². The fourth-order valence-corrected chi connectivity index (χ4v) is 2.61. The molecule has 1 heterocycles. The van der Waals surface area contributed by atoms with E-state index in [1.54, 1.807) is 4.90 Å². The van der Waals surface area contributed by atoms with Crippen molar-refractivity contribution in [3.8, 4) is 0 Å². The largest absolute Gasteiger partial charge is 0.354 e. The molecule has 0 unspecified atom stereocenters. The number of thioether (sulfide) groups is 1. The molecule has 1 saturated heterocycles. The summed E-state index contributed by atoms with van der Waals surface area (Å²) < 4.78 is 0. The van der Waals surface area contributed by atoms with Crippen LogP contribution in [0.4, 0.5) is 4.79 Å². The molecule has 0 saturated carbocycles. The quantitative estimate of drug-likeness (QED) is 0.877. The van der Waals surface area contributed by atoms with Crippen molar-refractivity contribution in [1.29, 1.82) is 0 Å². The Labute approximate surface area is 111 Å². The highest BCUT2D eigenvalue weighted by Crippen LogP contribution is 2.16. The Morgan fingerprint density at radius 1 is 1.33 bits per heavy atom. The lowest BCUT2D eigenvalue weighted by molar-refractivity contribution is -0.121. The number of rotatable bonds is 5. The van der Waals surface area contributed by atoms with Gasteiger partial charge in [-0.05, 0) is 12.0 Å². The van der Waals surface area contributed by atoms with Gasteiger partial charge in [0.25, 0.3) is 5.24 Å². The molecule has 1 aliphatic rings. The molecule has 0 atom stereocenters. The van der Waals surface area contributed by atoms with Crippen molar-refractivity contribution in [2.24, 2.45) is 0 Å². The topological polar surface area (TPSA) is 49.4 Å². The monoisotopic (exact) mass is 264 g/mol. The highest BCUT2D eigenvalue weighted by molar-refractivity contribution is 8.13. The van der Waals surface area contributed by atoms with Crippen LogP contribution in [0.3, 0.4) is 0 Å². The minimum atomic E-state index is -0.0817. The molecule has 1 N–H and O–H groups in total. The molecule has 1 fully saturated rings. The van der Waals surface area contributed by atoms with E-state index in [0.717, 1.165) is 12.2 Å². The Bertz CT molecular complexity index is 422. The molecule has 2 rings (SSSR count). The number of hydrogen-bond donors (Lipinski definition) is 1. The van der Waals surface area contributed by atoms with Crippen LogP contribution in [0.25, 0.3) is 0 Å². The first-order chi connectivity index (χ1) is 8.75. The van der Waals surface area contributed by atoms with Gasteiger partial charge < -0.3 is 10.2 Å². The van der Waals surface area contributed by atoms with Crippen molar-refractivity contribution in [3.63, 3.8) is 0 Å². The molecule has 0 radical (unpaired) electrons. The predicted molar refractivity (Wildman–Crippen MR) is 72.6 cm³/mol. The van der Waals surface area contributed by atoms with Gasteiger partial charge in [0, 0.05) is 18.8 Å². The van der Waals surface area contributed by atoms with Crippen LogP contribution in [0.15, 0.2) is 30.3 Å². The molecular formula is C13H16N2O2S. The number of carbonyl (C=O) groups excluding carboxylic acids is 2. The van der Waals surface area contributed by atoms with Crippen molar-refractivity contribution in [3.05, 3.63) is 35.9 Å². The van der Waals surface area contributed by atoms with E-state index in [0.29, 0.717) is 13.1 Å². The SMILES string of the molecule is O=C(CN1CCSC1=O)NCCc1ccccc1. The molecule has 96 valence electrons. The van der Waals surface area contributed by atoms with Crippen LogP contribution in [0.5, 0.6) is 0 Å². The molecule has 5 heteroatoms. The van der Waals surface area contributed by atoms with Gasteiger partial charge in [0.15, 0.2) is 0 Å². The second-order valence-electron chi connectivity index (χ2n) is 4.12. The van der Waals surface area contributed by atoms with Crippen LogP contribution in [0, 0.1) is 0 Å². The lowest BCUT2D eigenvalue weighted by Gasteiger charge is -2.13. The first kappa shape index (κ1) is 13.0. The number of nitrogens with zero attached hydrogens (tertiary/aromatic N) is 1. The van der Waals surface area contributed by atoms with Gasteiger partial charge in [-0.1, -0.05) is 42.1 Å². The smallest absolute Gasteiger partial charge is 0.282 e. The number of carbonyl (C=O) groups is 2. The van der Waals surface area contributed by atoms with Crippen molar-refractivity contribution < 1.29 is 9.59 Å². The average Bonchev–Trinajstić information content (AvgIpc) is 2.76. The van der Waals surface area contributed by atoms with Crippen LogP contribution >= 0.6 is 11.8 Å². The summed E-state index contributed by atoms with van der Waals surface area (Å²) in [6.07, 6.45) is 0.815. The number of hydrogen-bond acceptors (Lipinski definition) is 3. The Morgan fingerprint density at radius 2 is 2.11 bits per heavy atom. The highest BCUT2D eigenvalue weighted by Gasteiger charge is 2.22. The van der Waals surface area contributed by atoms with Crippen molar-refractivity contribution in [1.82, 2.24) is 10.2 Å². The summed E-state index contributed by atoms with van der Waals surface area (Å²) >= 11 is 1.28. The van der Waals surface area contributed by atoms with Crippen LogP contribution in [0.1, 0.15) is 5.56 Å². The predicted octanol–water partition coefficient (Wildman–Crippen LogP) is 1.51. The second-order valence-corrected chi connectivity index (χ2v) is 5.17. The van der Waals surface area contributed by atoms with Gasteiger partial charge in [-0.15, -0.1) is 0 Å². The van der Waals surface area contributed by atoms with Crippen molar-refractivity contribution >= 4 is 22.9 Å². The molecule has 4 nitrogen and oxygen atoms in total. The zero-order valence-electron chi connectivity index (χ0n) is 10.1. The summed E-state index contributed by atoms with van der Waals surface area (Å²) in [5.74, 6) is 0.706. The molecule has 0 aromatic heterocycles. The van der Waals surface area contributed by atoms with E-state index in [9.17, 15) is 9.59 Å². The van der Waals surface area contributed by atoms with Gasteiger partial charge >= 0.3 is 0 Å². The van der Waals surface area contributed by atoms with Crippen molar-refractivity contribution in [2.45, 2.75) is 6.42 Å². The fourth-order valence-electron chi connectivity index (χ4n) is 1.79. The molecule has 0 bridgehead atoms. The van der Waals surface area contributed by atoms with E-state index >= 15 is 0 Å². The number of nitrogens with one attached hydrogen (secondary N) is 1. The van der Waals surface area contributed by atoms with E-state index in [1.807, 2.05) is 30.3 Å². The third kappa shape index (κ3) is 3.77. The summed E-state index contributed by atoms with van der Waals surface area (Å²) in [5, 5.41) is 2.84. The Kier molecular flexibility index (Phi) is 4.64. The van der Waals surface area contributed by atoms with E-state index < -0.39 is 0 Å². The van der Waals surface area contributed by atoms with Crippen molar-refractivity contribution in [2.75, 3.05) is 25.4 Å². The van der Waals surface area contributed by atoms with Gasteiger partial charge in [-0.2, -0.15) is 0 Å². The maximum atomic E-state index is 11.6. The van der Waals surface area contributed by atoms with E-state index in [-0.39, 0.29) is 17.7 Å². The molecule has 1 aromatic rings. The minimum absolute atomic E-state index is 0.00760. The molecular weight excluding hydrogens is 248 g/mol. The van der Waals surface area contributed by atoms with E-state index in [1.165, 1.54) is 17.3 Å². The summed E-state index contributed by atoms with van der Waals surface area (Å²) in [6.45, 7) is 1.47. The number of benzene rings is 1. The van der Waals surface area contributed by atoms with Crippen LogP contribution < -0.4 is 5.32 Å². The maximum absolute atomic E-state index is 11.6.